The van der Waals surface area contributed by atoms with Crippen LogP contribution in [-0.4, -0.2) is 17.0 Å². The molecule has 4 heteroatoms. The van der Waals surface area contributed by atoms with Crippen LogP contribution in [0.5, 0.6) is 0 Å². The zero-order valence-corrected chi connectivity index (χ0v) is 43.6. The zero-order chi connectivity index (χ0) is 46.2. The minimum atomic E-state index is -0.648. The van der Waals surface area contributed by atoms with Crippen molar-refractivity contribution < 1.29 is 19.4 Å². The van der Waals surface area contributed by atoms with E-state index in [0.717, 1.165) is 25.7 Å². The molecule has 380 valence electrons. The number of aliphatic carboxylic acids is 1. The summed E-state index contributed by atoms with van der Waals surface area (Å²) >= 11 is 0. The summed E-state index contributed by atoms with van der Waals surface area (Å²) in [5, 5.41) is 8.68. The molecule has 4 nitrogen and oxygen atoms in total. The first-order valence-electron chi connectivity index (χ1n) is 29.7. The van der Waals surface area contributed by atoms with Crippen molar-refractivity contribution in [2.75, 3.05) is 0 Å². The van der Waals surface area contributed by atoms with Gasteiger partial charge in [0.1, 0.15) is 0 Å². The number of carboxylic acid groups (broad SMARTS) is 1. The van der Waals surface area contributed by atoms with Gasteiger partial charge >= 0.3 is 11.9 Å². The molecule has 0 rings (SSSR count). The Hall–Kier alpha value is -1.32. The van der Waals surface area contributed by atoms with Crippen LogP contribution < -0.4 is 0 Å². The third kappa shape index (κ3) is 58.7. The molecule has 0 aliphatic heterocycles. The third-order valence-electron chi connectivity index (χ3n) is 14.2. The minimum absolute atomic E-state index is 0.144. The second-order valence-electron chi connectivity index (χ2n) is 20.6. The van der Waals surface area contributed by atoms with Crippen molar-refractivity contribution in [2.24, 2.45) is 0 Å². The molecular formula is C60H116O4. The Balaban J connectivity index is 3.08. The van der Waals surface area contributed by atoms with E-state index in [-0.39, 0.29) is 5.97 Å². The summed E-state index contributed by atoms with van der Waals surface area (Å²) in [6.45, 7) is 3.42. The molecule has 0 spiro atoms. The fraction of sp³-hybridized carbons (Fsp3) is 0.933. The molecule has 0 unspecified atom stereocenters. The molecule has 0 aliphatic rings. The molecular weight excluding hydrogens is 785 g/mol. The second kappa shape index (κ2) is 57.8. The van der Waals surface area contributed by atoms with E-state index in [9.17, 15) is 9.59 Å². The van der Waals surface area contributed by atoms with Gasteiger partial charge in [0.15, 0.2) is 0 Å². The Morgan fingerprint density at radius 3 is 0.500 bits per heavy atom. The molecule has 0 aliphatic carbocycles. The number of rotatable bonds is 58. The summed E-state index contributed by atoms with van der Waals surface area (Å²) in [5.41, 5.74) is 0. The summed E-state index contributed by atoms with van der Waals surface area (Å²) in [6, 6.07) is 0. The molecule has 1 N–H and O–H groups in total. The maximum absolute atomic E-state index is 11.3. The summed E-state index contributed by atoms with van der Waals surface area (Å²) in [6.07, 6.45) is 78.0. The number of carbonyl (C=O) groups excluding carboxylic acids is 1. The standard InChI is InChI=1S/C60H116O4/c1-2-64-60(63)58-56-54-52-50-48-46-44-42-40-38-36-34-32-30-28-26-24-22-20-18-16-14-12-10-8-6-4-3-5-7-9-11-13-15-17-19-21-23-25-27-29-31-33-35-37-39-41-43-45-47-49-51-53-55-57-59(61)62/h2H,1,3-58H2,(H,61,62). The summed E-state index contributed by atoms with van der Waals surface area (Å²) in [4.78, 5) is 21.8. The van der Waals surface area contributed by atoms with Crippen molar-refractivity contribution in [3.8, 4) is 0 Å². The molecule has 0 saturated heterocycles. The Morgan fingerprint density at radius 2 is 0.375 bits per heavy atom. The van der Waals surface area contributed by atoms with Crippen LogP contribution in [0.25, 0.3) is 0 Å². The van der Waals surface area contributed by atoms with Gasteiger partial charge in [-0.3, -0.25) is 9.59 Å². The van der Waals surface area contributed by atoms with E-state index in [1.54, 1.807) is 0 Å². The molecule has 0 aromatic heterocycles. The fourth-order valence-corrected chi connectivity index (χ4v) is 9.89. The Morgan fingerprint density at radius 1 is 0.250 bits per heavy atom. The van der Waals surface area contributed by atoms with Crippen molar-refractivity contribution in [3.63, 3.8) is 0 Å². The van der Waals surface area contributed by atoms with Crippen molar-refractivity contribution in [3.05, 3.63) is 12.8 Å². The molecule has 64 heavy (non-hydrogen) atoms. The Bertz CT molecular complexity index is 900. The monoisotopic (exact) mass is 901 g/mol. The van der Waals surface area contributed by atoms with Gasteiger partial charge in [-0.1, -0.05) is 340 Å². The zero-order valence-electron chi connectivity index (χ0n) is 43.6. The minimum Gasteiger partial charge on any atom is -0.481 e. The van der Waals surface area contributed by atoms with Crippen LogP contribution in [0.4, 0.5) is 0 Å². The predicted octanol–water partition coefficient (Wildman–Crippen LogP) is 21.6. The van der Waals surface area contributed by atoms with Gasteiger partial charge < -0.3 is 9.84 Å². The van der Waals surface area contributed by atoms with Gasteiger partial charge in [0.2, 0.25) is 0 Å². The molecule has 0 aromatic carbocycles. The topological polar surface area (TPSA) is 63.6 Å². The number of ether oxygens (including phenoxy) is 1. The molecule has 0 saturated carbocycles. The normalized spacial score (nSPS) is 11.4. The van der Waals surface area contributed by atoms with Crippen LogP contribution >= 0.6 is 0 Å². The van der Waals surface area contributed by atoms with E-state index in [4.69, 9.17) is 9.84 Å². The summed E-state index contributed by atoms with van der Waals surface area (Å²) in [7, 11) is 0. The van der Waals surface area contributed by atoms with E-state index in [1.807, 2.05) is 0 Å². The van der Waals surface area contributed by atoms with Crippen molar-refractivity contribution in [1.29, 1.82) is 0 Å². The van der Waals surface area contributed by atoms with E-state index >= 15 is 0 Å². The molecule has 0 heterocycles. The number of unbranched alkanes of at least 4 members (excludes halogenated alkanes) is 53. The summed E-state index contributed by atoms with van der Waals surface area (Å²) < 4.78 is 4.75. The van der Waals surface area contributed by atoms with Gasteiger partial charge in [-0.25, -0.2) is 0 Å². The maximum atomic E-state index is 11.3. The van der Waals surface area contributed by atoms with Gasteiger partial charge in [0.05, 0.1) is 6.26 Å². The highest BCUT2D eigenvalue weighted by molar-refractivity contribution is 5.69. The number of carbonyl (C=O) groups is 2. The van der Waals surface area contributed by atoms with E-state index in [0.29, 0.717) is 12.8 Å². The number of esters is 1. The lowest BCUT2D eigenvalue weighted by Crippen LogP contribution is -1.98. The second-order valence-corrected chi connectivity index (χ2v) is 20.6. The first kappa shape index (κ1) is 62.7. The highest BCUT2D eigenvalue weighted by Crippen LogP contribution is 2.19. The van der Waals surface area contributed by atoms with Crippen molar-refractivity contribution in [2.45, 2.75) is 360 Å². The quantitative estimate of drug-likeness (QED) is 0.0375. The van der Waals surface area contributed by atoms with E-state index in [2.05, 4.69) is 6.58 Å². The average Bonchev–Trinajstić information content (AvgIpc) is 3.29. The van der Waals surface area contributed by atoms with Crippen LogP contribution in [0.2, 0.25) is 0 Å². The van der Waals surface area contributed by atoms with Crippen LogP contribution in [-0.2, 0) is 14.3 Å². The van der Waals surface area contributed by atoms with Gasteiger partial charge in [-0.2, -0.15) is 0 Å². The number of hydrogen-bond donors (Lipinski definition) is 1. The first-order valence-corrected chi connectivity index (χ1v) is 29.7. The Kier molecular flexibility index (Phi) is 56.6. The fourth-order valence-electron chi connectivity index (χ4n) is 9.89. The predicted molar refractivity (Wildman–Crippen MR) is 282 cm³/mol. The lowest BCUT2D eigenvalue weighted by Gasteiger charge is -2.05. The summed E-state index contributed by atoms with van der Waals surface area (Å²) in [5.74, 6) is -0.791. The average molecular weight is 902 g/mol. The van der Waals surface area contributed by atoms with Crippen LogP contribution in [0.1, 0.15) is 360 Å². The first-order chi connectivity index (χ1) is 31.7. The van der Waals surface area contributed by atoms with Crippen molar-refractivity contribution >= 4 is 11.9 Å². The highest BCUT2D eigenvalue weighted by atomic mass is 16.5. The third-order valence-corrected chi connectivity index (χ3v) is 14.2. The van der Waals surface area contributed by atoms with Crippen LogP contribution in [0.3, 0.4) is 0 Å². The van der Waals surface area contributed by atoms with Crippen LogP contribution in [0.15, 0.2) is 12.8 Å². The van der Waals surface area contributed by atoms with E-state index < -0.39 is 5.97 Å². The van der Waals surface area contributed by atoms with Gasteiger partial charge in [0.25, 0.3) is 0 Å². The van der Waals surface area contributed by atoms with Crippen molar-refractivity contribution in [1.82, 2.24) is 0 Å². The molecule has 0 radical (unpaired) electrons. The smallest absolute Gasteiger partial charge is 0.310 e. The molecule has 0 bridgehead atoms. The number of carboxylic acids is 1. The maximum Gasteiger partial charge on any atom is 0.310 e. The number of hydrogen-bond acceptors (Lipinski definition) is 3. The molecule has 0 fully saturated rings. The highest BCUT2D eigenvalue weighted by Gasteiger charge is 2.02. The van der Waals surface area contributed by atoms with Gasteiger partial charge in [-0.15, -0.1) is 0 Å². The lowest BCUT2D eigenvalue weighted by molar-refractivity contribution is -0.138. The van der Waals surface area contributed by atoms with E-state index in [1.165, 1.54) is 327 Å². The largest absolute Gasteiger partial charge is 0.481 e. The van der Waals surface area contributed by atoms with Gasteiger partial charge in [-0.05, 0) is 12.8 Å². The molecule has 0 atom stereocenters. The lowest BCUT2D eigenvalue weighted by atomic mass is 10.0. The molecule has 0 amide bonds. The Labute approximate surface area is 402 Å². The molecule has 0 aromatic rings. The SMILES string of the molecule is C=COC(=O)CCCCCCCCCCCCCCCCCCCCCCCCCCCCCCCCCCCCCCCCCCCCCCCCCCCCCCCCC(=O)O. The van der Waals surface area contributed by atoms with Gasteiger partial charge in [0, 0.05) is 12.8 Å². The van der Waals surface area contributed by atoms with Crippen LogP contribution in [0, 0.1) is 0 Å².